The van der Waals surface area contributed by atoms with Crippen molar-refractivity contribution in [2.24, 2.45) is 0 Å². The Morgan fingerprint density at radius 1 is 1.04 bits per heavy atom. The van der Waals surface area contributed by atoms with Crippen molar-refractivity contribution in [1.82, 2.24) is 4.31 Å². The van der Waals surface area contributed by atoms with Crippen molar-refractivity contribution in [1.29, 1.82) is 0 Å². The van der Waals surface area contributed by atoms with Gasteiger partial charge in [-0.05, 0) is 49.2 Å². The third kappa shape index (κ3) is 5.55. The Balaban J connectivity index is 1.60. The second-order valence-corrected chi connectivity index (χ2v) is 8.67. The average Bonchev–Trinajstić information content (AvgIpc) is 3.15. The van der Waals surface area contributed by atoms with Crippen molar-refractivity contribution in [3.8, 4) is 11.5 Å². The standard InChI is InChI=1S/C20H24N2O4S/c1-27(24,25)22(17-7-5-6-8-17)15-20(23)21-16-11-13-19(14-12-16)26-18-9-3-2-4-10-18/h2-4,9-14,17H,5-8,15H2,1H3,(H,21,23). The van der Waals surface area contributed by atoms with Crippen LogP contribution in [0.1, 0.15) is 25.7 Å². The number of anilines is 1. The zero-order valence-electron chi connectivity index (χ0n) is 15.3. The second kappa shape index (κ2) is 8.54. The van der Waals surface area contributed by atoms with Gasteiger partial charge in [-0.25, -0.2) is 8.42 Å². The van der Waals surface area contributed by atoms with Gasteiger partial charge in [-0.3, -0.25) is 4.79 Å². The number of nitrogens with one attached hydrogen (secondary N) is 1. The van der Waals surface area contributed by atoms with Gasteiger partial charge in [0.25, 0.3) is 0 Å². The third-order valence-electron chi connectivity index (χ3n) is 4.57. The Labute approximate surface area is 160 Å². The summed E-state index contributed by atoms with van der Waals surface area (Å²) in [5.41, 5.74) is 0.597. The number of carbonyl (C=O) groups is 1. The van der Waals surface area contributed by atoms with Gasteiger partial charge in [0.05, 0.1) is 12.8 Å². The lowest BCUT2D eigenvalue weighted by Gasteiger charge is -2.25. The number of hydrogen-bond acceptors (Lipinski definition) is 4. The molecule has 2 aromatic rings. The van der Waals surface area contributed by atoms with E-state index in [0.29, 0.717) is 11.4 Å². The molecule has 1 fully saturated rings. The normalized spacial score (nSPS) is 15.0. The predicted octanol–water partition coefficient (Wildman–Crippen LogP) is 3.62. The molecular formula is C20H24N2O4S. The fourth-order valence-corrected chi connectivity index (χ4v) is 4.39. The zero-order valence-corrected chi connectivity index (χ0v) is 16.1. The summed E-state index contributed by atoms with van der Waals surface area (Å²) in [6, 6.07) is 16.3. The van der Waals surface area contributed by atoms with Gasteiger partial charge in [0.1, 0.15) is 11.5 Å². The van der Waals surface area contributed by atoms with E-state index in [9.17, 15) is 13.2 Å². The van der Waals surface area contributed by atoms with Gasteiger partial charge in [-0.2, -0.15) is 4.31 Å². The molecule has 0 spiro atoms. The fourth-order valence-electron chi connectivity index (χ4n) is 3.28. The molecule has 0 bridgehead atoms. The van der Waals surface area contributed by atoms with Gasteiger partial charge in [0, 0.05) is 11.7 Å². The quantitative estimate of drug-likeness (QED) is 0.786. The Hall–Kier alpha value is -2.38. The molecule has 0 unspecified atom stereocenters. The van der Waals surface area contributed by atoms with Crippen LogP contribution in [0, 0.1) is 0 Å². The summed E-state index contributed by atoms with van der Waals surface area (Å²) in [5, 5.41) is 2.76. The van der Waals surface area contributed by atoms with Crippen LogP contribution < -0.4 is 10.1 Å². The lowest BCUT2D eigenvalue weighted by atomic mass is 10.2. The predicted molar refractivity (Wildman–Crippen MR) is 105 cm³/mol. The molecule has 2 aromatic carbocycles. The molecule has 1 amide bonds. The van der Waals surface area contributed by atoms with Gasteiger partial charge in [-0.1, -0.05) is 31.0 Å². The average molecular weight is 388 g/mol. The van der Waals surface area contributed by atoms with Crippen LogP contribution in [0.5, 0.6) is 11.5 Å². The van der Waals surface area contributed by atoms with E-state index in [2.05, 4.69) is 5.32 Å². The number of carbonyl (C=O) groups excluding carboxylic acids is 1. The number of benzene rings is 2. The highest BCUT2D eigenvalue weighted by Gasteiger charge is 2.30. The zero-order chi connectivity index (χ0) is 19.3. The number of ether oxygens (including phenoxy) is 1. The van der Waals surface area contributed by atoms with Crippen molar-refractivity contribution >= 4 is 21.6 Å². The van der Waals surface area contributed by atoms with Crippen molar-refractivity contribution in [2.75, 3.05) is 18.1 Å². The minimum absolute atomic E-state index is 0.0765. The molecule has 0 aromatic heterocycles. The monoisotopic (exact) mass is 388 g/mol. The third-order valence-corrected chi connectivity index (χ3v) is 5.85. The molecule has 3 rings (SSSR count). The minimum atomic E-state index is -3.42. The molecule has 0 heterocycles. The van der Waals surface area contributed by atoms with Gasteiger partial charge < -0.3 is 10.1 Å². The first-order chi connectivity index (χ1) is 12.9. The van der Waals surface area contributed by atoms with Gasteiger partial charge in [-0.15, -0.1) is 0 Å². The van der Waals surface area contributed by atoms with E-state index in [4.69, 9.17) is 4.74 Å². The second-order valence-electron chi connectivity index (χ2n) is 6.73. The lowest BCUT2D eigenvalue weighted by molar-refractivity contribution is -0.116. The molecule has 0 atom stereocenters. The van der Waals surface area contributed by atoms with Gasteiger partial charge in [0.15, 0.2) is 0 Å². The van der Waals surface area contributed by atoms with E-state index in [1.807, 2.05) is 30.3 Å². The molecule has 144 valence electrons. The Morgan fingerprint density at radius 2 is 1.63 bits per heavy atom. The Bertz CT molecular complexity index is 861. The summed E-state index contributed by atoms with van der Waals surface area (Å²) in [6.45, 7) is -0.161. The first-order valence-electron chi connectivity index (χ1n) is 9.01. The van der Waals surface area contributed by atoms with Crippen molar-refractivity contribution in [3.63, 3.8) is 0 Å². The van der Waals surface area contributed by atoms with E-state index >= 15 is 0 Å². The first kappa shape index (κ1) is 19.4. The van der Waals surface area contributed by atoms with Crippen LogP contribution in [-0.4, -0.2) is 37.5 Å². The van der Waals surface area contributed by atoms with Crippen LogP contribution in [0.3, 0.4) is 0 Å². The SMILES string of the molecule is CS(=O)(=O)N(CC(=O)Nc1ccc(Oc2ccccc2)cc1)C1CCCC1. The maximum Gasteiger partial charge on any atom is 0.239 e. The van der Waals surface area contributed by atoms with Crippen molar-refractivity contribution in [3.05, 3.63) is 54.6 Å². The molecule has 0 aliphatic heterocycles. The maximum atomic E-state index is 12.4. The van der Waals surface area contributed by atoms with Crippen LogP contribution in [0.25, 0.3) is 0 Å². The number of amides is 1. The molecule has 1 aliphatic carbocycles. The summed E-state index contributed by atoms with van der Waals surface area (Å²) in [6.07, 6.45) is 4.79. The van der Waals surface area contributed by atoms with Crippen LogP contribution in [-0.2, 0) is 14.8 Å². The number of rotatable bonds is 7. The summed E-state index contributed by atoms with van der Waals surface area (Å²) in [7, 11) is -3.42. The topological polar surface area (TPSA) is 75.7 Å². The molecule has 1 aliphatic rings. The van der Waals surface area contributed by atoms with E-state index in [-0.39, 0.29) is 18.5 Å². The largest absolute Gasteiger partial charge is 0.457 e. The first-order valence-corrected chi connectivity index (χ1v) is 10.9. The molecule has 1 saturated carbocycles. The van der Waals surface area contributed by atoms with E-state index < -0.39 is 10.0 Å². The highest BCUT2D eigenvalue weighted by Crippen LogP contribution is 2.26. The van der Waals surface area contributed by atoms with Gasteiger partial charge in [0.2, 0.25) is 15.9 Å². The van der Waals surface area contributed by atoms with E-state index in [0.717, 1.165) is 37.7 Å². The van der Waals surface area contributed by atoms with Crippen LogP contribution >= 0.6 is 0 Å². The lowest BCUT2D eigenvalue weighted by Crippen LogP contribution is -2.43. The highest BCUT2D eigenvalue weighted by atomic mass is 32.2. The van der Waals surface area contributed by atoms with Crippen LogP contribution in [0.15, 0.2) is 54.6 Å². The van der Waals surface area contributed by atoms with E-state index in [1.165, 1.54) is 4.31 Å². The minimum Gasteiger partial charge on any atom is -0.457 e. The van der Waals surface area contributed by atoms with Crippen LogP contribution in [0.2, 0.25) is 0 Å². The molecular weight excluding hydrogens is 364 g/mol. The highest BCUT2D eigenvalue weighted by molar-refractivity contribution is 7.88. The Kier molecular flexibility index (Phi) is 6.13. The number of sulfonamides is 1. The number of para-hydroxylation sites is 1. The number of nitrogens with zero attached hydrogens (tertiary/aromatic N) is 1. The smallest absolute Gasteiger partial charge is 0.239 e. The van der Waals surface area contributed by atoms with Crippen molar-refractivity contribution < 1.29 is 17.9 Å². The fraction of sp³-hybridized carbons (Fsp3) is 0.350. The van der Waals surface area contributed by atoms with Crippen LogP contribution in [0.4, 0.5) is 5.69 Å². The molecule has 6 nitrogen and oxygen atoms in total. The molecule has 27 heavy (non-hydrogen) atoms. The molecule has 1 N–H and O–H groups in total. The van der Waals surface area contributed by atoms with E-state index in [1.54, 1.807) is 24.3 Å². The maximum absolute atomic E-state index is 12.4. The summed E-state index contributed by atoms with van der Waals surface area (Å²) >= 11 is 0. The van der Waals surface area contributed by atoms with Gasteiger partial charge >= 0.3 is 0 Å². The summed E-state index contributed by atoms with van der Waals surface area (Å²) in [5.74, 6) is 1.04. The molecule has 7 heteroatoms. The van der Waals surface area contributed by atoms with Crippen molar-refractivity contribution in [2.45, 2.75) is 31.7 Å². The summed E-state index contributed by atoms with van der Waals surface area (Å²) in [4.78, 5) is 12.4. The molecule has 0 saturated heterocycles. The molecule has 0 radical (unpaired) electrons. The Morgan fingerprint density at radius 3 is 2.22 bits per heavy atom. The number of hydrogen-bond donors (Lipinski definition) is 1. The summed E-state index contributed by atoms with van der Waals surface area (Å²) < 4.78 is 31.1.